The summed E-state index contributed by atoms with van der Waals surface area (Å²) in [6, 6.07) is 8.03. The Labute approximate surface area is 156 Å². The lowest BCUT2D eigenvalue weighted by Gasteiger charge is -2.34. The molecule has 1 fully saturated rings. The second-order valence-corrected chi connectivity index (χ2v) is 6.80. The van der Waals surface area contributed by atoms with E-state index in [4.69, 9.17) is 9.47 Å². The minimum absolute atomic E-state index is 0.252. The summed E-state index contributed by atoms with van der Waals surface area (Å²) in [6.45, 7) is 10.1. The molecule has 6 heteroatoms. The third kappa shape index (κ3) is 5.88. The van der Waals surface area contributed by atoms with E-state index in [1.807, 2.05) is 25.1 Å². The van der Waals surface area contributed by atoms with Crippen molar-refractivity contribution >= 4 is 6.09 Å². The van der Waals surface area contributed by atoms with Crippen LogP contribution in [-0.2, 0) is 4.74 Å². The van der Waals surface area contributed by atoms with E-state index >= 15 is 0 Å². The van der Waals surface area contributed by atoms with Crippen molar-refractivity contribution in [2.45, 2.75) is 39.2 Å². The summed E-state index contributed by atoms with van der Waals surface area (Å²) in [5, 5.41) is 10.3. The summed E-state index contributed by atoms with van der Waals surface area (Å²) >= 11 is 0. The van der Waals surface area contributed by atoms with Crippen LogP contribution in [0.15, 0.2) is 24.3 Å². The number of nitrogens with zero attached hydrogens (tertiary/aromatic N) is 2. The van der Waals surface area contributed by atoms with Gasteiger partial charge in [-0.05, 0) is 30.9 Å². The number of carbonyl (C=O) groups excluding carboxylic acids is 1. The molecule has 0 aromatic heterocycles. The van der Waals surface area contributed by atoms with Crippen LogP contribution in [-0.4, -0.2) is 73.0 Å². The molecule has 6 nitrogen and oxygen atoms in total. The van der Waals surface area contributed by atoms with Crippen molar-refractivity contribution in [3.05, 3.63) is 29.8 Å². The monoisotopic (exact) mass is 364 g/mol. The molecular weight excluding hydrogens is 332 g/mol. The number of β-amino-alcohol motifs (C(OH)–C–C–N with tert-alkyl or cyclic N) is 1. The van der Waals surface area contributed by atoms with Gasteiger partial charge < -0.3 is 19.5 Å². The van der Waals surface area contributed by atoms with Crippen LogP contribution in [0.25, 0.3) is 0 Å². The SMILES string of the molecule is CCOC(=O)N1CCN(C[C@H](O)COc2ccccc2[C@H](C)CC)CC1. The highest BCUT2D eigenvalue weighted by molar-refractivity contribution is 5.67. The summed E-state index contributed by atoms with van der Waals surface area (Å²) in [4.78, 5) is 15.6. The number of benzene rings is 1. The van der Waals surface area contributed by atoms with E-state index in [1.165, 1.54) is 5.56 Å². The molecule has 0 aliphatic carbocycles. The molecule has 1 aliphatic heterocycles. The minimum Gasteiger partial charge on any atom is -0.491 e. The first-order valence-corrected chi connectivity index (χ1v) is 9.59. The maximum absolute atomic E-state index is 11.7. The van der Waals surface area contributed by atoms with E-state index in [0.717, 1.165) is 25.3 Å². The van der Waals surface area contributed by atoms with Gasteiger partial charge in [0.05, 0.1) is 6.61 Å². The van der Waals surface area contributed by atoms with E-state index in [-0.39, 0.29) is 12.7 Å². The largest absolute Gasteiger partial charge is 0.491 e. The zero-order valence-corrected chi connectivity index (χ0v) is 16.2. The molecule has 26 heavy (non-hydrogen) atoms. The molecule has 0 unspecified atom stereocenters. The summed E-state index contributed by atoms with van der Waals surface area (Å²) in [5.74, 6) is 1.28. The molecule has 1 aromatic carbocycles. The summed E-state index contributed by atoms with van der Waals surface area (Å²) < 4.78 is 10.9. The molecule has 0 spiro atoms. The number of hydrogen-bond donors (Lipinski definition) is 1. The van der Waals surface area contributed by atoms with Crippen LogP contribution < -0.4 is 4.74 Å². The van der Waals surface area contributed by atoms with Crippen molar-refractivity contribution in [3.8, 4) is 5.75 Å². The zero-order valence-electron chi connectivity index (χ0n) is 16.2. The standard InChI is InChI=1S/C20H32N2O4/c1-4-16(3)18-8-6-7-9-19(18)26-15-17(23)14-21-10-12-22(13-11-21)20(24)25-5-2/h6-9,16-17,23H,4-5,10-15H2,1-3H3/t16-,17+/m1/s1. The quantitative estimate of drug-likeness (QED) is 0.768. The van der Waals surface area contributed by atoms with Crippen LogP contribution in [0.5, 0.6) is 5.75 Å². The van der Waals surface area contributed by atoms with E-state index in [1.54, 1.807) is 4.90 Å². The molecule has 0 radical (unpaired) electrons. The van der Waals surface area contributed by atoms with Crippen LogP contribution in [0.4, 0.5) is 4.79 Å². The highest BCUT2D eigenvalue weighted by Crippen LogP contribution is 2.28. The second kappa shape index (κ2) is 10.4. The van der Waals surface area contributed by atoms with Crippen molar-refractivity contribution in [2.75, 3.05) is 45.9 Å². The number of aliphatic hydroxyl groups excluding tert-OH is 1. The molecule has 1 aliphatic rings. The molecule has 0 bridgehead atoms. The first-order chi connectivity index (χ1) is 12.5. The Bertz CT molecular complexity index is 558. The number of ether oxygens (including phenoxy) is 2. The van der Waals surface area contributed by atoms with E-state index in [9.17, 15) is 9.90 Å². The van der Waals surface area contributed by atoms with Crippen LogP contribution in [0.1, 0.15) is 38.7 Å². The first kappa shape index (κ1) is 20.5. The highest BCUT2D eigenvalue weighted by atomic mass is 16.6. The van der Waals surface area contributed by atoms with Gasteiger partial charge >= 0.3 is 6.09 Å². The Morgan fingerprint density at radius 1 is 1.19 bits per heavy atom. The van der Waals surface area contributed by atoms with Crippen molar-refractivity contribution in [2.24, 2.45) is 0 Å². The molecule has 2 atom stereocenters. The average Bonchev–Trinajstić information content (AvgIpc) is 2.66. The number of carbonyl (C=O) groups is 1. The minimum atomic E-state index is -0.561. The van der Waals surface area contributed by atoms with Gasteiger partial charge in [0.25, 0.3) is 0 Å². The zero-order chi connectivity index (χ0) is 18.9. The summed E-state index contributed by atoms with van der Waals surface area (Å²) in [6.07, 6.45) is 0.236. The first-order valence-electron chi connectivity index (χ1n) is 9.59. The number of para-hydroxylation sites is 1. The van der Waals surface area contributed by atoms with Gasteiger partial charge in [0.2, 0.25) is 0 Å². The van der Waals surface area contributed by atoms with Gasteiger partial charge in [-0.2, -0.15) is 0 Å². The number of piperazine rings is 1. The van der Waals surface area contributed by atoms with Gasteiger partial charge in [-0.25, -0.2) is 4.79 Å². The van der Waals surface area contributed by atoms with E-state index in [0.29, 0.717) is 32.2 Å². The van der Waals surface area contributed by atoms with Crippen LogP contribution >= 0.6 is 0 Å². The van der Waals surface area contributed by atoms with Crippen molar-refractivity contribution in [3.63, 3.8) is 0 Å². The van der Waals surface area contributed by atoms with Gasteiger partial charge in [-0.1, -0.05) is 32.0 Å². The Balaban J connectivity index is 1.77. The Morgan fingerprint density at radius 3 is 2.54 bits per heavy atom. The Morgan fingerprint density at radius 2 is 1.88 bits per heavy atom. The summed E-state index contributed by atoms with van der Waals surface area (Å²) in [5.41, 5.74) is 1.19. The maximum atomic E-state index is 11.7. The predicted molar refractivity (Wildman–Crippen MR) is 102 cm³/mol. The van der Waals surface area contributed by atoms with Crippen LogP contribution in [0, 0.1) is 0 Å². The van der Waals surface area contributed by atoms with Gasteiger partial charge in [-0.3, -0.25) is 4.90 Å². The number of hydrogen-bond acceptors (Lipinski definition) is 5. The lowest BCUT2D eigenvalue weighted by molar-refractivity contribution is 0.0405. The molecule has 1 aromatic rings. The Hall–Kier alpha value is -1.79. The maximum Gasteiger partial charge on any atom is 0.409 e. The molecule has 1 amide bonds. The fourth-order valence-corrected chi connectivity index (χ4v) is 3.10. The molecule has 2 rings (SSSR count). The average molecular weight is 364 g/mol. The molecule has 0 saturated carbocycles. The number of rotatable bonds is 8. The molecule has 1 heterocycles. The van der Waals surface area contributed by atoms with Crippen molar-refractivity contribution in [1.82, 2.24) is 9.80 Å². The van der Waals surface area contributed by atoms with Crippen molar-refractivity contribution in [1.29, 1.82) is 0 Å². The number of amides is 1. The third-order valence-electron chi connectivity index (χ3n) is 4.86. The predicted octanol–water partition coefficient (Wildman–Crippen LogP) is 2.71. The lowest BCUT2D eigenvalue weighted by Crippen LogP contribution is -2.51. The number of aliphatic hydroxyl groups is 1. The van der Waals surface area contributed by atoms with Gasteiger partial charge in [-0.15, -0.1) is 0 Å². The lowest BCUT2D eigenvalue weighted by atomic mass is 9.98. The normalized spacial score (nSPS) is 17.6. The fourth-order valence-electron chi connectivity index (χ4n) is 3.10. The highest BCUT2D eigenvalue weighted by Gasteiger charge is 2.23. The molecule has 1 N–H and O–H groups in total. The smallest absolute Gasteiger partial charge is 0.409 e. The van der Waals surface area contributed by atoms with Gasteiger partial charge in [0.15, 0.2) is 0 Å². The van der Waals surface area contributed by atoms with Gasteiger partial charge in [0, 0.05) is 32.7 Å². The van der Waals surface area contributed by atoms with Crippen LogP contribution in [0.2, 0.25) is 0 Å². The van der Waals surface area contributed by atoms with E-state index in [2.05, 4.69) is 24.8 Å². The third-order valence-corrected chi connectivity index (χ3v) is 4.86. The van der Waals surface area contributed by atoms with Crippen LogP contribution in [0.3, 0.4) is 0 Å². The van der Waals surface area contributed by atoms with E-state index < -0.39 is 6.10 Å². The van der Waals surface area contributed by atoms with Crippen molar-refractivity contribution < 1.29 is 19.4 Å². The fraction of sp³-hybridized carbons (Fsp3) is 0.650. The molecule has 146 valence electrons. The topological polar surface area (TPSA) is 62.2 Å². The second-order valence-electron chi connectivity index (χ2n) is 6.80. The Kier molecular flexibility index (Phi) is 8.19. The molecular formula is C20H32N2O4. The summed E-state index contributed by atoms with van der Waals surface area (Å²) in [7, 11) is 0. The van der Waals surface area contributed by atoms with Gasteiger partial charge in [0.1, 0.15) is 18.5 Å². The molecule has 1 saturated heterocycles.